The number of carbonyl (C=O) groups is 3. The SMILES string of the molecule is O=C(CCNC1CC1)Nc1cccc(C(=O)CNCCN2CCC(OC(=O)Nc3ccccc3-c3ccccc3)CC2)c1. The van der Waals surface area contributed by atoms with Gasteiger partial charge in [-0.2, -0.15) is 0 Å². The van der Waals surface area contributed by atoms with Crippen molar-refractivity contribution in [2.24, 2.45) is 0 Å². The molecule has 3 aromatic rings. The molecule has 2 aliphatic rings. The number of nitrogens with zero attached hydrogens (tertiary/aromatic N) is 1. The molecule has 4 N–H and O–H groups in total. The summed E-state index contributed by atoms with van der Waals surface area (Å²) in [6.07, 6.45) is 3.77. The summed E-state index contributed by atoms with van der Waals surface area (Å²) in [4.78, 5) is 39.9. The van der Waals surface area contributed by atoms with Gasteiger partial charge in [0, 0.05) is 62.0 Å². The molecule has 0 unspecified atom stereocenters. The van der Waals surface area contributed by atoms with Crippen molar-refractivity contribution in [3.8, 4) is 11.1 Å². The van der Waals surface area contributed by atoms with Gasteiger partial charge in [-0.25, -0.2) is 4.79 Å². The van der Waals surface area contributed by atoms with Crippen molar-refractivity contribution >= 4 is 29.2 Å². The Morgan fingerprint density at radius 1 is 0.814 bits per heavy atom. The van der Waals surface area contributed by atoms with Gasteiger partial charge in [0.15, 0.2) is 5.78 Å². The van der Waals surface area contributed by atoms with Gasteiger partial charge >= 0.3 is 6.09 Å². The third-order valence-corrected chi connectivity index (χ3v) is 7.78. The number of carbonyl (C=O) groups excluding carboxylic acids is 3. The second kappa shape index (κ2) is 15.4. The second-order valence-electron chi connectivity index (χ2n) is 11.2. The van der Waals surface area contributed by atoms with Crippen LogP contribution >= 0.6 is 0 Å². The lowest BCUT2D eigenvalue weighted by molar-refractivity contribution is -0.116. The van der Waals surface area contributed by atoms with E-state index in [1.165, 1.54) is 12.8 Å². The molecule has 43 heavy (non-hydrogen) atoms. The molecule has 0 radical (unpaired) electrons. The summed E-state index contributed by atoms with van der Waals surface area (Å²) in [5.74, 6) is -0.0717. The Morgan fingerprint density at radius 2 is 1.58 bits per heavy atom. The van der Waals surface area contributed by atoms with Gasteiger partial charge in [-0.1, -0.05) is 60.7 Å². The molecule has 0 atom stereocenters. The number of piperidine rings is 1. The molecule has 9 heteroatoms. The molecule has 1 aliphatic carbocycles. The van der Waals surface area contributed by atoms with Crippen LogP contribution in [0.3, 0.4) is 0 Å². The van der Waals surface area contributed by atoms with Crippen molar-refractivity contribution in [1.29, 1.82) is 0 Å². The average molecular weight is 584 g/mol. The first kappa shape index (κ1) is 30.4. The Bertz CT molecular complexity index is 1370. The minimum Gasteiger partial charge on any atom is -0.446 e. The average Bonchev–Trinajstić information content (AvgIpc) is 3.85. The van der Waals surface area contributed by atoms with E-state index in [0.29, 0.717) is 36.8 Å². The van der Waals surface area contributed by atoms with Crippen LogP contribution in [0.1, 0.15) is 42.5 Å². The Hall–Kier alpha value is -4.05. The maximum atomic E-state index is 12.7. The number of likely N-dealkylation sites (tertiary alicyclic amines) is 1. The van der Waals surface area contributed by atoms with E-state index in [4.69, 9.17) is 4.74 Å². The predicted molar refractivity (Wildman–Crippen MR) is 169 cm³/mol. The molecule has 1 saturated carbocycles. The van der Waals surface area contributed by atoms with Crippen molar-refractivity contribution < 1.29 is 19.1 Å². The molecule has 0 aromatic heterocycles. The van der Waals surface area contributed by atoms with Crippen molar-refractivity contribution in [2.75, 3.05) is 49.9 Å². The summed E-state index contributed by atoms with van der Waals surface area (Å²) in [6, 6.07) is 25.3. The zero-order valence-electron chi connectivity index (χ0n) is 24.5. The van der Waals surface area contributed by atoms with Crippen LogP contribution in [0, 0.1) is 0 Å². The maximum absolute atomic E-state index is 12.7. The fraction of sp³-hybridized carbons (Fsp3) is 0.382. The number of nitrogens with one attached hydrogen (secondary N) is 4. The van der Waals surface area contributed by atoms with E-state index in [9.17, 15) is 14.4 Å². The molecular weight excluding hydrogens is 542 g/mol. The number of benzene rings is 3. The van der Waals surface area contributed by atoms with E-state index >= 15 is 0 Å². The van der Waals surface area contributed by atoms with Crippen LogP contribution in [0.15, 0.2) is 78.9 Å². The summed E-state index contributed by atoms with van der Waals surface area (Å²) in [5, 5.41) is 12.4. The Labute approximate surface area is 253 Å². The summed E-state index contributed by atoms with van der Waals surface area (Å²) in [6.45, 7) is 4.04. The Kier molecular flexibility index (Phi) is 10.9. The number of hydrogen-bond donors (Lipinski definition) is 4. The van der Waals surface area contributed by atoms with Crippen LogP contribution in [0.5, 0.6) is 0 Å². The lowest BCUT2D eigenvalue weighted by Crippen LogP contribution is -2.42. The largest absolute Gasteiger partial charge is 0.446 e. The molecule has 9 nitrogen and oxygen atoms in total. The van der Waals surface area contributed by atoms with Gasteiger partial charge in [-0.15, -0.1) is 0 Å². The minimum atomic E-state index is -0.434. The third-order valence-electron chi connectivity index (χ3n) is 7.78. The number of hydrogen-bond acceptors (Lipinski definition) is 7. The van der Waals surface area contributed by atoms with E-state index in [2.05, 4.69) is 26.2 Å². The number of Topliss-reactive ketones (excluding diaryl/α,β-unsaturated/α-hetero) is 1. The molecule has 2 amide bonds. The standard InChI is InChI=1S/C34H41N5O4/c40-32(26-9-6-10-28(23-26)37-33(41)15-18-36-27-13-14-27)24-35-19-22-39-20-16-29(17-21-39)43-34(42)38-31-12-5-4-11-30(31)25-7-2-1-3-8-25/h1-12,23,27,29,35-36H,13-22,24H2,(H,37,41)(H,38,42). The zero-order valence-corrected chi connectivity index (χ0v) is 24.5. The molecule has 0 spiro atoms. The van der Waals surface area contributed by atoms with E-state index in [1.54, 1.807) is 24.3 Å². The van der Waals surface area contributed by atoms with Gasteiger partial charge in [-0.05, 0) is 49.4 Å². The molecule has 3 aromatic carbocycles. The molecule has 1 heterocycles. The highest BCUT2D eigenvalue weighted by Gasteiger charge is 2.23. The van der Waals surface area contributed by atoms with Crippen molar-refractivity contribution in [3.63, 3.8) is 0 Å². The molecule has 5 rings (SSSR count). The van der Waals surface area contributed by atoms with Crippen LogP contribution in [-0.4, -0.2) is 74.1 Å². The number of anilines is 2. The lowest BCUT2D eigenvalue weighted by Gasteiger charge is -2.31. The molecule has 1 saturated heterocycles. The predicted octanol–water partition coefficient (Wildman–Crippen LogP) is 4.92. The van der Waals surface area contributed by atoms with Gasteiger partial charge in [0.2, 0.25) is 5.91 Å². The van der Waals surface area contributed by atoms with E-state index in [1.807, 2.05) is 54.6 Å². The van der Waals surface area contributed by atoms with Crippen LogP contribution < -0.4 is 21.3 Å². The number of amides is 2. The molecule has 0 bridgehead atoms. The van der Waals surface area contributed by atoms with Crippen LogP contribution in [-0.2, 0) is 9.53 Å². The first-order valence-electron chi connectivity index (χ1n) is 15.2. The molecule has 2 fully saturated rings. The Morgan fingerprint density at radius 3 is 2.37 bits per heavy atom. The molecule has 1 aliphatic heterocycles. The number of ketones is 1. The highest BCUT2D eigenvalue weighted by Crippen LogP contribution is 2.28. The van der Waals surface area contributed by atoms with Gasteiger partial charge in [0.1, 0.15) is 6.10 Å². The molecule has 226 valence electrons. The number of para-hydroxylation sites is 1. The van der Waals surface area contributed by atoms with Crippen LogP contribution in [0.2, 0.25) is 0 Å². The smallest absolute Gasteiger partial charge is 0.411 e. The fourth-order valence-corrected chi connectivity index (χ4v) is 5.22. The molecular formula is C34H41N5O4. The van der Waals surface area contributed by atoms with E-state index in [-0.39, 0.29) is 24.3 Å². The highest BCUT2D eigenvalue weighted by molar-refractivity contribution is 5.99. The lowest BCUT2D eigenvalue weighted by atomic mass is 10.0. The summed E-state index contributed by atoms with van der Waals surface area (Å²) < 4.78 is 5.74. The number of ether oxygens (including phenoxy) is 1. The quantitative estimate of drug-likeness (QED) is 0.157. The summed E-state index contributed by atoms with van der Waals surface area (Å²) >= 11 is 0. The van der Waals surface area contributed by atoms with Crippen LogP contribution in [0.25, 0.3) is 11.1 Å². The normalized spacial score (nSPS) is 15.5. The van der Waals surface area contributed by atoms with Gasteiger partial charge in [-0.3, -0.25) is 14.9 Å². The first-order valence-corrected chi connectivity index (χ1v) is 15.2. The highest BCUT2D eigenvalue weighted by atomic mass is 16.6. The van der Waals surface area contributed by atoms with Gasteiger partial charge in [0.25, 0.3) is 0 Å². The van der Waals surface area contributed by atoms with Crippen LogP contribution in [0.4, 0.5) is 16.2 Å². The van der Waals surface area contributed by atoms with Crippen molar-refractivity contribution in [1.82, 2.24) is 15.5 Å². The monoisotopic (exact) mass is 583 g/mol. The maximum Gasteiger partial charge on any atom is 0.411 e. The second-order valence-corrected chi connectivity index (χ2v) is 11.2. The van der Waals surface area contributed by atoms with Gasteiger partial charge in [0.05, 0.1) is 12.2 Å². The van der Waals surface area contributed by atoms with Crippen molar-refractivity contribution in [2.45, 2.75) is 44.2 Å². The fourth-order valence-electron chi connectivity index (χ4n) is 5.22. The zero-order chi connectivity index (χ0) is 29.9. The summed E-state index contributed by atoms with van der Waals surface area (Å²) in [7, 11) is 0. The third kappa shape index (κ3) is 9.74. The first-order chi connectivity index (χ1) is 21.0. The summed E-state index contributed by atoms with van der Waals surface area (Å²) in [5.41, 5.74) is 3.93. The van der Waals surface area contributed by atoms with E-state index in [0.717, 1.165) is 49.3 Å². The van der Waals surface area contributed by atoms with E-state index < -0.39 is 6.09 Å². The minimum absolute atomic E-state index is 0.0153. The number of rotatable bonds is 14. The van der Waals surface area contributed by atoms with Crippen molar-refractivity contribution in [3.05, 3.63) is 84.4 Å². The topological polar surface area (TPSA) is 112 Å². The Balaban J connectivity index is 0.969. The van der Waals surface area contributed by atoms with Gasteiger partial charge < -0.3 is 25.6 Å².